The average Bonchev–Trinajstić information content (AvgIpc) is 2.46. The Kier molecular flexibility index (Phi) is 3.20. The molecule has 0 saturated heterocycles. The van der Waals surface area contributed by atoms with Crippen LogP contribution < -0.4 is 0 Å². The SMILES string of the molecule is Cc1nc(-c2ccc(C(C)(C)C)cc2)cc2nccnc12. The summed E-state index contributed by atoms with van der Waals surface area (Å²) < 4.78 is 0. The highest BCUT2D eigenvalue weighted by Gasteiger charge is 2.13. The Bertz CT molecular complexity index is 784. The summed E-state index contributed by atoms with van der Waals surface area (Å²) in [5.41, 5.74) is 6.21. The number of benzene rings is 1. The molecule has 2 aromatic heterocycles. The van der Waals surface area contributed by atoms with Crippen LogP contribution in [0.1, 0.15) is 32.0 Å². The lowest BCUT2D eigenvalue weighted by Gasteiger charge is -2.19. The molecule has 0 atom stereocenters. The molecule has 21 heavy (non-hydrogen) atoms. The number of rotatable bonds is 1. The first-order valence-electron chi connectivity index (χ1n) is 7.14. The minimum absolute atomic E-state index is 0.163. The standard InChI is InChI=1S/C18H19N3/c1-12-17-16(19-9-10-20-17)11-15(21-12)13-5-7-14(8-6-13)18(2,3)4/h5-11H,1-4H3. The molecule has 3 nitrogen and oxygen atoms in total. The van der Waals surface area contributed by atoms with Crippen LogP contribution in [0.5, 0.6) is 0 Å². The zero-order valence-corrected chi connectivity index (χ0v) is 12.9. The zero-order chi connectivity index (χ0) is 15.0. The average molecular weight is 277 g/mol. The van der Waals surface area contributed by atoms with Gasteiger partial charge in [0.1, 0.15) is 5.52 Å². The van der Waals surface area contributed by atoms with E-state index in [-0.39, 0.29) is 5.41 Å². The summed E-state index contributed by atoms with van der Waals surface area (Å²) in [5.74, 6) is 0. The fraction of sp³-hybridized carbons (Fsp3) is 0.278. The molecule has 0 amide bonds. The van der Waals surface area contributed by atoms with Crippen LogP contribution in [0.4, 0.5) is 0 Å². The summed E-state index contributed by atoms with van der Waals surface area (Å²) in [6.07, 6.45) is 3.42. The number of hydrogen-bond acceptors (Lipinski definition) is 3. The quantitative estimate of drug-likeness (QED) is 0.665. The van der Waals surface area contributed by atoms with Crippen molar-refractivity contribution in [2.75, 3.05) is 0 Å². The second-order valence-corrected chi connectivity index (χ2v) is 6.34. The highest BCUT2D eigenvalue weighted by Crippen LogP contribution is 2.26. The van der Waals surface area contributed by atoms with E-state index < -0.39 is 0 Å². The number of aryl methyl sites for hydroxylation is 1. The number of hydrogen-bond donors (Lipinski definition) is 0. The van der Waals surface area contributed by atoms with E-state index in [1.54, 1.807) is 12.4 Å². The molecule has 0 radical (unpaired) electrons. The van der Waals surface area contributed by atoms with Crippen LogP contribution in [0, 0.1) is 6.92 Å². The molecule has 0 aliphatic heterocycles. The first kappa shape index (κ1) is 13.7. The first-order chi connectivity index (χ1) is 9.95. The van der Waals surface area contributed by atoms with Crippen molar-refractivity contribution >= 4 is 11.0 Å². The molecule has 0 saturated carbocycles. The predicted octanol–water partition coefficient (Wildman–Crippen LogP) is 4.30. The largest absolute Gasteiger partial charge is 0.253 e. The summed E-state index contributed by atoms with van der Waals surface area (Å²) in [6.45, 7) is 8.63. The van der Waals surface area contributed by atoms with Gasteiger partial charge in [0.05, 0.1) is 16.9 Å². The lowest BCUT2D eigenvalue weighted by Crippen LogP contribution is -2.10. The second kappa shape index (κ2) is 4.92. The van der Waals surface area contributed by atoms with Crippen molar-refractivity contribution < 1.29 is 0 Å². The van der Waals surface area contributed by atoms with Crippen LogP contribution in [-0.2, 0) is 5.41 Å². The van der Waals surface area contributed by atoms with Crippen LogP contribution in [0.25, 0.3) is 22.3 Å². The van der Waals surface area contributed by atoms with Gasteiger partial charge in [0, 0.05) is 18.0 Å². The summed E-state index contributed by atoms with van der Waals surface area (Å²) in [4.78, 5) is 13.4. The van der Waals surface area contributed by atoms with Crippen LogP contribution in [0.2, 0.25) is 0 Å². The number of fused-ring (bicyclic) bond motifs is 1. The maximum absolute atomic E-state index is 4.66. The second-order valence-electron chi connectivity index (χ2n) is 6.34. The molecule has 0 aliphatic rings. The van der Waals surface area contributed by atoms with Crippen molar-refractivity contribution in [2.45, 2.75) is 33.1 Å². The van der Waals surface area contributed by atoms with E-state index in [1.165, 1.54) is 5.56 Å². The van der Waals surface area contributed by atoms with Crippen molar-refractivity contribution in [2.24, 2.45) is 0 Å². The topological polar surface area (TPSA) is 38.7 Å². The Morgan fingerprint density at radius 2 is 1.57 bits per heavy atom. The Morgan fingerprint density at radius 3 is 2.24 bits per heavy atom. The maximum atomic E-state index is 4.66. The van der Waals surface area contributed by atoms with Gasteiger partial charge < -0.3 is 0 Å². The molecule has 3 rings (SSSR count). The van der Waals surface area contributed by atoms with E-state index in [4.69, 9.17) is 0 Å². The smallest absolute Gasteiger partial charge is 0.110 e. The van der Waals surface area contributed by atoms with Crippen molar-refractivity contribution in [3.8, 4) is 11.3 Å². The van der Waals surface area contributed by atoms with Gasteiger partial charge in [-0.15, -0.1) is 0 Å². The molecule has 3 aromatic rings. The Balaban J connectivity index is 2.08. The predicted molar refractivity (Wildman–Crippen MR) is 86.2 cm³/mol. The highest BCUT2D eigenvalue weighted by atomic mass is 14.8. The summed E-state index contributed by atoms with van der Waals surface area (Å²) in [5, 5.41) is 0. The molecule has 106 valence electrons. The van der Waals surface area contributed by atoms with Crippen molar-refractivity contribution in [1.82, 2.24) is 15.0 Å². The Hall–Kier alpha value is -2.29. The van der Waals surface area contributed by atoms with Gasteiger partial charge in [-0.05, 0) is 24.0 Å². The van der Waals surface area contributed by atoms with Crippen LogP contribution in [-0.4, -0.2) is 15.0 Å². The summed E-state index contributed by atoms with van der Waals surface area (Å²) in [6, 6.07) is 10.6. The third-order valence-electron chi connectivity index (χ3n) is 3.68. The number of aromatic nitrogens is 3. The molecule has 2 heterocycles. The van der Waals surface area contributed by atoms with Gasteiger partial charge in [0.2, 0.25) is 0 Å². The molecule has 0 unspecified atom stereocenters. The van der Waals surface area contributed by atoms with Crippen molar-refractivity contribution in [3.05, 3.63) is 54.0 Å². The normalized spacial score (nSPS) is 11.8. The van der Waals surface area contributed by atoms with Gasteiger partial charge in [-0.1, -0.05) is 45.0 Å². The number of nitrogens with zero attached hydrogens (tertiary/aromatic N) is 3. The monoisotopic (exact) mass is 277 g/mol. The van der Waals surface area contributed by atoms with Crippen molar-refractivity contribution in [3.63, 3.8) is 0 Å². The molecule has 0 aliphatic carbocycles. The van der Waals surface area contributed by atoms with Crippen LogP contribution in [0.3, 0.4) is 0 Å². The molecule has 0 N–H and O–H groups in total. The van der Waals surface area contributed by atoms with Crippen LogP contribution >= 0.6 is 0 Å². The van der Waals surface area contributed by atoms with Gasteiger partial charge in [-0.3, -0.25) is 15.0 Å². The zero-order valence-electron chi connectivity index (χ0n) is 12.9. The summed E-state index contributed by atoms with van der Waals surface area (Å²) in [7, 11) is 0. The lowest BCUT2D eigenvalue weighted by molar-refractivity contribution is 0.590. The maximum Gasteiger partial charge on any atom is 0.110 e. The van der Waals surface area contributed by atoms with E-state index >= 15 is 0 Å². The first-order valence-corrected chi connectivity index (χ1v) is 7.14. The molecular weight excluding hydrogens is 258 g/mol. The van der Waals surface area contributed by atoms with Gasteiger partial charge in [-0.2, -0.15) is 0 Å². The molecule has 1 aromatic carbocycles. The lowest BCUT2D eigenvalue weighted by atomic mass is 9.86. The molecule has 3 heteroatoms. The van der Waals surface area contributed by atoms with Crippen molar-refractivity contribution in [1.29, 1.82) is 0 Å². The minimum Gasteiger partial charge on any atom is -0.253 e. The van der Waals surface area contributed by atoms with E-state index in [0.717, 1.165) is 28.0 Å². The molecular formula is C18H19N3. The van der Waals surface area contributed by atoms with Crippen LogP contribution in [0.15, 0.2) is 42.7 Å². The minimum atomic E-state index is 0.163. The molecule has 0 spiro atoms. The van der Waals surface area contributed by atoms with E-state index in [2.05, 4.69) is 60.0 Å². The Labute approximate surface area is 125 Å². The third-order valence-corrected chi connectivity index (χ3v) is 3.68. The van der Waals surface area contributed by atoms with E-state index in [9.17, 15) is 0 Å². The highest BCUT2D eigenvalue weighted by molar-refractivity contribution is 5.80. The van der Waals surface area contributed by atoms with Gasteiger partial charge >= 0.3 is 0 Å². The van der Waals surface area contributed by atoms with Gasteiger partial charge in [0.15, 0.2) is 0 Å². The van der Waals surface area contributed by atoms with E-state index in [1.807, 2.05) is 13.0 Å². The molecule has 0 fully saturated rings. The third kappa shape index (κ3) is 2.64. The number of pyridine rings is 1. The fourth-order valence-corrected chi connectivity index (χ4v) is 2.42. The molecule has 0 bridgehead atoms. The van der Waals surface area contributed by atoms with Gasteiger partial charge in [-0.25, -0.2) is 0 Å². The Morgan fingerprint density at radius 1 is 0.905 bits per heavy atom. The van der Waals surface area contributed by atoms with Gasteiger partial charge in [0.25, 0.3) is 0 Å². The van der Waals surface area contributed by atoms with E-state index in [0.29, 0.717) is 0 Å². The fourth-order valence-electron chi connectivity index (χ4n) is 2.42. The summed E-state index contributed by atoms with van der Waals surface area (Å²) >= 11 is 0.